The molecule has 0 spiro atoms. The molecule has 4 aliphatic rings. The molecule has 3 aromatic carbocycles. The van der Waals surface area contributed by atoms with Crippen molar-refractivity contribution >= 4 is 26.0 Å². The first-order valence-electron chi connectivity index (χ1n) is 13.9. The zero-order valence-corrected chi connectivity index (χ0v) is 25.8. The molecule has 3 aliphatic heterocycles. The van der Waals surface area contributed by atoms with E-state index in [1.54, 1.807) is 24.3 Å². The molecule has 3 aromatic rings. The lowest BCUT2D eigenvalue weighted by Gasteiger charge is -2.36. The van der Waals surface area contributed by atoms with Crippen LogP contribution in [0.5, 0.6) is 11.5 Å². The Kier molecular flexibility index (Phi) is 7.13. The minimum absolute atomic E-state index is 0.163. The molecule has 1 aliphatic carbocycles. The van der Waals surface area contributed by atoms with Gasteiger partial charge in [0.25, 0.3) is 0 Å². The zero-order chi connectivity index (χ0) is 29.2. The standard InChI is InChI=1S/C31H32BrNO8S/c1-18-9-11-21(12-10-18)42(34,35)33-25-26(33)28-30(41-31(2,3)40-28)29(36-15-19-7-5-4-6-8-19)27(25)37-16-20-13-23-24(14-22(20)32)39-17-38-23/h4-14,25-30H,15-17H2,1-3H3/t25-,26+,27+,28-,29-,30-,33?/m0/s1. The average Bonchev–Trinajstić information content (AvgIpc) is 3.41. The van der Waals surface area contributed by atoms with E-state index in [4.69, 9.17) is 28.4 Å². The van der Waals surface area contributed by atoms with Gasteiger partial charge in [-0.05, 0) is 56.2 Å². The molecule has 1 saturated carbocycles. The van der Waals surface area contributed by atoms with Crippen molar-refractivity contribution < 1.29 is 36.8 Å². The predicted octanol–water partition coefficient (Wildman–Crippen LogP) is 4.93. The average molecular weight is 659 g/mol. The number of aryl methyl sites for hydroxylation is 1. The van der Waals surface area contributed by atoms with E-state index in [-0.39, 0.29) is 18.3 Å². The smallest absolute Gasteiger partial charge is 0.243 e. The van der Waals surface area contributed by atoms with Crippen LogP contribution >= 0.6 is 15.9 Å². The summed E-state index contributed by atoms with van der Waals surface area (Å²) >= 11 is 3.62. The summed E-state index contributed by atoms with van der Waals surface area (Å²) in [6, 6.07) is 19.5. The van der Waals surface area contributed by atoms with Crippen molar-refractivity contribution in [2.75, 3.05) is 6.79 Å². The van der Waals surface area contributed by atoms with Gasteiger partial charge in [0.1, 0.15) is 24.4 Å². The summed E-state index contributed by atoms with van der Waals surface area (Å²) in [5, 5.41) is 0. The molecule has 11 heteroatoms. The number of ether oxygens (including phenoxy) is 6. The number of halogens is 1. The minimum Gasteiger partial charge on any atom is -0.454 e. The van der Waals surface area contributed by atoms with Crippen LogP contribution in [0.2, 0.25) is 0 Å². The quantitative estimate of drug-likeness (QED) is 0.315. The van der Waals surface area contributed by atoms with Gasteiger partial charge in [-0.15, -0.1) is 0 Å². The van der Waals surface area contributed by atoms with Gasteiger partial charge in [0.2, 0.25) is 16.8 Å². The van der Waals surface area contributed by atoms with Gasteiger partial charge >= 0.3 is 0 Å². The highest BCUT2D eigenvalue weighted by Crippen LogP contribution is 2.53. The minimum atomic E-state index is -3.85. The Hall–Kier alpha value is -2.51. The van der Waals surface area contributed by atoms with Gasteiger partial charge in [0, 0.05) is 4.47 Å². The van der Waals surface area contributed by atoms with Gasteiger partial charge in [-0.25, -0.2) is 8.42 Å². The van der Waals surface area contributed by atoms with Crippen molar-refractivity contribution in [1.29, 1.82) is 0 Å². The topological polar surface area (TPSA) is 92.5 Å². The second-order valence-corrected chi connectivity index (χ2v) is 14.2. The maximum Gasteiger partial charge on any atom is 0.243 e. The molecule has 0 radical (unpaired) electrons. The Morgan fingerprint density at radius 2 is 1.55 bits per heavy atom. The van der Waals surface area contributed by atoms with Gasteiger partial charge in [0.15, 0.2) is 17.3 Å². The fourth-order valence-electron chi connectivity index (χ4n) is 6.20. The van der Waals surface area contributed by atoms with Gasteiger partial charge in [-0.1, -0.05) is 64.0 Å². The third kappa shape index (κ3) is 5.04. The number of rotatable bonds is 8. The Balaban J connectivity index is 1.24. The lowest BCUT2D eigenvalue weighted by molar-refractivity contribution is -0.179. The molecule has 7 rings (SSSR count). The fourth-order valence-corrected chi connectivity index (χ4v) is 8.44. The summed E-state index contributed by atoms with van der Waals surface area (Å²) in [7, 11) is -3.85. The Bertz CT molecular complexity index is 1580. The molecule has 0 amide bonds. The Morgan fingerprint density at radius 1 is 0.881 bits per heavy atom. The molecule has 0 bridgehead atoms. The SMILES string of the molecule is Cc1ccc(S(=O)(=O)N2[C@@H]3[C@@H](OCc4cc5c(cc4Br)OCO5)[C@H](OCc4ccccc4)[C@H]4OC(C)(C)O[C@H]4[C@@H]32)cc1. The Morgan fingerprint density at radius 3 is 2.29 bits per heavy atom. The van der Waals surface area contributed by atoms with Crippen LogP contribution in [-0.2, 0) is 42.2 Å². The molecule has 2 saturated heterocycles. The van der Waals surface area contributed by atoms with Crippen molar-refractivity contribution in [3.05, 3.63) is 87.9 Å². The van der Waals surface area contributed by atoms with Crippen LogP contribution in [0.25, 0.3) is 0 Å². The van der Waals surface area contributed by atoms with Crippen LogP contribution in [0.3, 0.4) is 0 Å². The summed E-state index contributed by atoms with van der Waals surface area (Å²) < 4.78 is 67.3. The van der Waals surface area contributed by atoms with Crippen molar-refractivity contribution in [2.45, 2.75) is 81.2 Å². The highest BCUT2D eigenvalue weighted by atomic mass is 79.9. The van der Waals surface area contributed by atoms with E-state index in [2.05, 4.69) is 15.9 Å². The second kappa shape index (κ2) is 10.6. The first-order chi connectivity index (χ1) is 20.1. The number of hydrogen-bond acceptors (Lipinski definition) is 8. The summed E-state index contributed by atoms with van der Waals surface area (Å²) in [6.45, 7) is 6.28. The number of sulfonamides is 1. The largest absolute Gasteiger partial charge is 0.454 e. The van der Waals surface area contributed by atoms with Gasteiger partial charge in [-0.2, -0.15) is 4.31 Å². The van der Waals surface area contributed by atoms with E-state index in [0.29, 0.717) is 18.1 Å². The highest BCUT2D eigenvalue weighted by Gasteiger charge is 2.73. The van der Waals surface area contributed by atoms with Gasteiger partial charge < -0.3 is 28.4 Å². The molecule has 222 valence electrons. The maximum atomic E-state index is 14.0. The summed E-state index contributed by atoms with van der Waals surface area (Å²) in [5.41, 5.74) is 2.82. The third-order valence-electron chi connectivity index (χ3n) is 8.19. The fraction of sp³-hybridized carbons (Fsp3) is 0.419. The molecule has 1 unspecified atom stereocenters. The molecular formula is C31H32BrNO8S. The number of nitrogens with zero attached hydrogens (tertiary/aromatic N) is 1. The highest BCUT2D eigenvalue weighted by molar-refractivity contribution is 9.10. The van der Waals surface area contributed by atoms with Crippen molar-refractivity contribution in [1.82, 2.24) is 4.31 Å². The van der Waals surface area contributed by atoms with Crippen LogP contribution < -0.4 is 9.47 Å². The van der Waals surface area contributed by atoms with E-state index in [0.717, 1.165) is 21.2 Å². The first-order valence-corrected chi connectivity index (χ1v) is 16.2. The van der Waals surface area contributed by atoms with E-state index < -0.39 is 52.3 Å². The normalized spacial score (nSPS) is 30.5. The third-order valence-corrected chi connectivity index (χ3v) is 10.8. The second-order valence-electron chi connectivity index (χ2n) is 11.5. The summed E-state index contributed by atoms with van der Waals surface area (Å²) in [5.74, 6) is 0.386. The lowest BCUT2D eigenvalue weighted by Crippen LogP contribution is -2.54. The monoisotopic (exact) mass is 657 g/mol. The molecule has 0 aromatic heterocycles. The summed E-state index contributed by atoms with van der Waals surface area (Å²) in [6.07, 6.45) is -2.27. The van der Waals surface area contributed by atoms with Crippen LogP contribution in [0, 0.1) is 6.92 Å². The molecular weight excluding hydrogens is 626 g/mol. The molecule has 42 heavy (non-hydrogen) atoms. The maximum absolute atomic E-state index is 14.0. The molecule has 7 atom stereocenters. The van der Waals surface area contributed by atoms with Crippen molar-refractivity contribution in [3.8, 4) is 11.5 Å². The Labute approximate surface area is 253 Å². The van der Waals surface area contributed by atoms with Crippen LogP contribution in [0.15, 0.2) is 76.1 Å². The number of fused-ring (bicyclic) bond motifs is 4. The van der Waals surface area contributed by atoms with E-state index in [9.17, 15) is 8.42 Å². The summed E-state index contributed by atoms with van der Waals surface area (Å²) in [4.78, 5) is 0.233. The van der Waals surface area contributed by atoms with Crippen molar-refractivity contribution in [3.63, 3.8) is 0 Å². The molecule has 0 N–H and O–H groups in total. The molecule has 3 heterocycles. The van der Waals surface area contributed by atoms with Crippen LogP contribution in [0.4, 0.5) is 0 Å². The zero-order valence-electron chi connectivity index (χ0n) is 23.4. The molecule has 3 fully saturated rings. The predicted molar refractivity (Wildman–Crippen MR) is 155 cm³/mol. The van der Waals surface area contributed by atoms with E-state index in [1.165, 1.54) is 4.31 Å². The van der Waals surface area contributed by atoms with E-state index >= 15 is 0 Å². The van der Waals surface area contributed by atoms with Crippen molar-refractivity contribution in [2.24, 2.45) is 0 Å². The first kappa shape index (κ1) is 28.3. The van der Waals surface area contributed by atoms with Gasteiger partial charge in [-0.3, -0.25) is 0 Å². The van der Waals surface area contributed by atoms with Crippen LogP contribution in [0.1, 0.15) is 30.5 Å². The van der Waals surface area contributed by atoms with Crippen LogP contribution in [-0.4, -0.2) is 61.8 Å². The van der Waals surface area contributed by atoms with Gasteiger partial charge in [0.05, 0.1) is 30.2 Å². The number of benzene rings is 3. The number of hydrogen-bond donors (Lipinski definition) is 0. The lowest BCUT2D eigenvalue weighted by atomic mass is 9.89. The molecule has 9 nitrogen and oxygen atoms in total. The van der Waals surface area contributed by atoms with E-state index in [1.807, 2.05) is 63.2 Å².